The van der Waals surface area contributed by atoms with E-state index < -0.39 is 63.4 Å². The number of aliphatic hydroxyl groups excluding tert-OH is 1. The number of aliphatic hydroxyl groups is 1. The molecule has 0 spiro atoms. The molecule has 4 aromatic rings. The zero-order valence-corrected chi connectivity index (χ0v) is 22.0. The van der Waals surface area contributed by atoms with Crippen molar-refractivity contribution < 1.29 is 37.8 Å². The summed E-state index contributed by atoms with van der Waals surface area (Å²) in [5.74, 6) is 0.344. The molecule has 8 N–H and O–H groups in total. The Bertz CT molecular complexity index is 1650. The number of anilines is 2. The van der Waals surface area contributed by atoms with Gasteiger partial charge in [-0.25, -0.2) is 34.5 Å². The van der Waals surface area contributed by atoms with Crippen LogP contribution in [0.4, 0.5) is 11.6 Å². The highest BCUT2D eigenvalue weighted by Crippen LogP contribution is 2.50. The Morgan fingerprint density at radius 1 is 0.878 bits per heavy atom. The Morgan fingerprint density at radius 2 is 1.49 bits per heavy atom. The zero-order chi connectivity index (χ0) is 28.5. The summed E-state index contributed by atoms with van der Waals surface area (Å²) in [5.41, 5.74) is 19.7. The van der Waals surface area contributed by atoms with Crippen LogP contribution in [-0.2, 0) is 27.8 Å². The van der Waals surface area contributed by atoms with Gasteiger partial charge in [0.2, 0.25) is 0 Å². The lowest BCUT2D eigenvalue weighted by Gasteiger charge is -2.23. The van der Waals surface area contributed by atoms with Crippen molar-refractivity contribution >= 4 is 41.8 Å². The molecule has 7 rings (SSSR count). The third-order valence-corrected chi connectivity index (χ3v) is 8.38. The molecule has 4 aromatic heterocycles. The summed E-state index contributed by atoms with van der Waals surface area (Å²) in [6, 6.07) is -0.752. The molecule has 0 aromatic carbocycles. The fraction of sp³-hybridized carbons (Fsp3) is 0.524. The molecule has 0 radical (unpaired) electrons. The molecular weight excluding hydrogens is 565 g/mol. The van der Waals surface area contributed by atoms with Gasteiger partial charge in [0.15, 0.2) is 35.4 Å². The third kappa shape index (κ3) is 4.42. The fourth-order valence-corrected chi connectivity index (χ4v) is 6.42. The highest BCUT2D eigenvalue weighted by atomic mass is 31.2. The van der Waals surface area contributed by atoms with Gasteiger partial charge in [-0.05, 0) is 6.42 Å². The van der Waals surface area contributed by atoms with Crippen LogP contribution in [0.5, 0.6) is 0 Å². The van der Waals surface area contributed by atoms with Crippen LogP contribution in [0.3, 0.4) is 0 Å². The number of nitrogens with zero attached hydrogens (tertiary/aromatic N) is 8. The second-order valence-electron chi connectivity index (χ2n) is 9.82. The van der Waals surface area contributed by atoms with Crippen LogP contribution < -0.4 is 17.2 Å². The maximum atomic E-state index is 13.0. The van der Waals surface area contributed by atoms with Gasteiger partial charge < -0.3 is 41.4 Å². The van der Waals surface area contributed by atoms with Crippen molar-refractivity contribution in [1.82, 2.24) is 39.0 Å². The molecule has 3 fully saturated rings. The minimum absolute atomic E-state index is 0.0875. The van der Waals surface area contributed by atoms with Gasteiger partial charge in [0.05, 0.1) is 31.4 Å². The molecule has 7 heterocycles. The molecule has 0 aliphatic carbocycles. The van der Waals surface area contributed by atoms with Gasteiger partial charge in [0.25, 0.3) is 0 Å². The van der Waals surface area contributed by atoms with Crippen molar-refractivity contribution in [3.8, 4) is 0 Å². The molecular formula is C21H26N11O8P. The van der Waals surface area contributed by atoms with Gasteiger partial charge in [-0.1, -0.05) is 0 Å². The predicted octanol–water partition coefficient (Wildman–Crippen LogP) is -1.40. The Balaban J connectivity index is 1.14. The number of phosphoric ester groups is 1. The van der Waals surface area contributed by atoms with Crippen molar-refractivity contribution in [2.24, 2.45) is 5.73 Å². The zero-order valence-electron chi connectivity index (χ0n) is 21.2. The minimum atomic E-state index is -4.73. The smallest absolute Gasteiger partial charge is 0.386 e. The van der Waals surface area contributed by atoms with Gasteiger partial charge in [0, 0.05) is 6.61 Å². The second-order valence-corrected chi connectivity index (χ2v) is 11.2. The van der Waals surface area contributed by atoms with Gasteiger partial charge in [-0.2, -0.15) is 0 Å². The first-order valence-electron chi connectivity index (χ1n) is 12.6. The number of aromatic nitrogens is 8. The Kier molecular flexibility index (Phi) is 6.38. The number of nitrogens with two attached hydrogens (primary N) is 3. The first-order chi connectivity index (χ1) is 19.7. The summed E-state index contributed by atoms with van der Waals surface area (Å²) in [4.78, 5) is 35.3. The molecule has 0 bridgehead atoms. The highest BCUT2D eigenvalue weighted by Gasteiger charge is 2.51. The monoisotopic (exact) mass is 591 g/mol. The summed E-state index contributed by atoms with van der Waals surface area (Å²) >= 11 is 0. The predicted molar refractivity (Wildman–Crippen MR) is 136 cm³/mol. The fourth-order valence-electron chi connectivity index (χ4n) is 5.46. The van der Waals surface area contributed by atoms with E-state index in [-0.39, 0.29) is 24.7 Å². The Hall–Kier alpha value is -3.39. The summed E-state index contributed by atoms with van der Waals surface area (Å²) in [6.07, 6.45) is -1.43. The van der Waals surface area contributed by atoms with Crippen molar-refractivity contribution in [3.63, 3.8) is 0 Å². The largest absolute Gasteiger partial charge is 0.472 e. The van der Waals surface area contributed by atoms with Crippen LogP contribution in [0.25, 0.3) is 22.3 Å². The molecule has 41 heavy (non-hydrogen) atoms. The summed E-state index contributed by atoms with van der Waals surface area (Å²) in [6.45, 7) is -0.309. The van der Waals surface area contributed by atoms with E-state index in [0.29, 0.717) is 22.3 Å². The number of nitrogen functional groups attached to an aromatic ring is 2. The molecule has 3 aliphatic rings. The lowest BCUT2D eigenvalue weighted by atomic mass is 10.1. The molecule has 9 unspecified atom stereocenters. The van der Waals surface area contributed by atoms with Crippen LogP contribution in [0.2, 0.25) is 0 Å². The first-order valence-corrected chi connectivity index (χ1v) is 14.1. The van der Waals surface area contributed by atoms with Crippen LogP contribution in [-0.4, -0.2) is 98.8 Å². The van der Waals surface area contributed by atoms with Crippen molar-refractivity contribution in [2.75, 3.05) is 24.7 Å². The van der Waals surface area contributed by atoms with E-state index in [9.17, 15) is 14.6 Å². The standard InChI is InChI=1S/C21H26N11O8P/c22-10-14-9(39-20(10)31-6-29-11-16(23)25-4-27-18(11)31)3-37-41(34,35)40-15-8(1-2-36-14)38-21(13(15)33)32-7-30-12-17(24)26-5-28-19(12)32/h4-10,13-15,20-21,33H,1-3,22H2,(H,34,35)(H2,23,25,27)(H2,24,26,28). The number of imidazole rings is 2. The van der Waals surface area contributed by atoms with E-state index in [2.05, 4.69) is 29.9 Å². The van der Waals surface area contributed by atoms with E-state index in [1.54, 1.807) is 4.57 Å². The van der Waals surface area contributed by atoms with Gasteiger partial charge in [-0.15, -0.1) is 0 Å². The van der Waals surface area contributed by atoms with Crippen LogP contribution in [0, 0.1) is 0 Å². The van der Waals surface area contributed by atoms with Gasteiger partial charge in [-0.3, -0.25) is 18.2 Å². The number of hydrogen-bond donors (Lipinski definition) is 5. The minimum Gasteiger partial charge on any atom is -0.386 e. The topological polar surface area (TPSA) is 269 Å². The lowest BCUT2D eigenvalue weighted by Crippen LogP contribution is -2.42. The van der Waals surface area contributed by atoms with Gasteiger partial charge in [0.1, 0.15) is 48.1 Å². The quantitative estimate of drug-likeness (QED) is 0.168. The van der Waals surface area contributed by atoms with E-state index in [0.717, 1.165) is 0 Å². The summed E-state index contributed by atoms with van der Waals surface area (Å²) < 4.78 is 45.2. The van der Waals surface area contributed by atoms with E-state index in [1.807, 2.05) is 0 Å². The van der Waals surface area contributed by atoms with E-state index >= 15 is 0 Å². The molecule has 19 nitrogen and oxygen atoms in total. The molecule has 9 atom stereocenters. The van der Waals surface area contributed by atoms with E-state index in [4.69, 9.17) is 40.5 Å². The van der Waals surface area contributed by atoms with Crippen molar-refractivity contribution in [3.05, 3.63) is 25.3 Å². The summed E-state index contributed by atoms with van der Waals surface area (Å²) in [5, 5.41) is 11.1. The highest BCUT2D eigenvalue weighted by molar-refractivity contribution is 7.47. The van der Waals surface area contributed by atoms with E-state index in [1.165, 1.54) is 29.9 Å². The second kappa shape index (κ2) is 9.86. The lowest BCUT2D eigenvalue weighted by molar-refractivity contribution is -0.0693. The molecule has 218 valence electrons. The number of phosphoric acid groups is 1. The maximum absolute atomic E-state index is 13.0. The summed E-state index contributed by atoms with van der Waals surface area (Å²) in [7, 11) is -4.73. The molecule has 3 aliphatic heterocycles. The Labute approximate surface area is 230 Å². The maximum Gasteiger partial charge on any atom is 0.472 e. The van der Waals surface area contributed by atoms with Gasteiger partial charge >= 0.3 is 7.82 Å². The average molecular weight is 591 g/mol. The first kappa shape index (κ1) is 26.5. The molecule has 0 amide bonds. The number of rotatable bonds is 2. The molecule has 20 heteroatoms. The van der Waals surface area contributed by atoms with Crippen molar-refractivity contribution in [2.45, 2.75) is 55.4 Å². The molecule has 3 saturated heterocycles. The van der Waals surface area contributed by atoms with Crippen molar-refractivity contribution in [1.29, 1.82) is 0 Å². The SMILES string of the molecule is Nc1ncnc2c1ncn2C1OC2COP(=O)(O)OC3C(CCOC2C1N)OC(n1cnc2c(N)ncnc21)C3O. The third-order valence-electron chi connectivity index (χ3n) is 7.39. The number of fused-ring (bicyclic) bond motifs is 4. The van der Waals surface area contributed by atoms with Crippen LogP contribution in [0.1, 0.15) is 18.9 Å². The molecule has 0 saturated carbocycles. The normalized spacial score (nSPS) is 36.3. The van der Waals surface area contributed by atoms with Crippen LogP contribution >= 0.6 is 7.82 Å². The number of ether oxygens (including phenoxy) is 3. The number of hydrogen-bond acceptors (Lipinski definition) is 16. The Morgan fingerprint density at radius 3 is 2.15 bits per heavy atom. The van der Waals surface area contributed by atoms with Crippen LogP contribution in [0.15, 0.2) is 25.3 Å². The average Bonchev–Trinajstić information content (AvgIpc) is 3.69.